The lowest BCUT2D eigenvalue weighted by molar-refractivity contribution is -0.173. The minimum Gasteiger partial charge on any atom is -0.467 e. The number of β-lactam (4-membered cyclic amide) rings is 1. The van der Waals surface area contributed by atoms with Gasteiger partial charge in [0.05, 0.1) is 23.2 Å². The van der Waals surface area contributed by atoms with Crippen molar-refractivity contribution >= 4 is 28.6 Å². The molecule has 10 nitrogen and oxygen atoms in total. The molecule has 4 rings (SSSR count). The molecule has 0 aliphatic carbocycles. The molecule has 4 unspecified atom stereocenters. The second-order valence-corrected chi connectivity index (χ2v) is 9.67. The number of carbonyl (C=O) groups excluding carboxylic acids is 3. The Balaban J connectivity index is 1.74. The topological polar surface area (TPSA) is 117 Å². The number of methoxy groups -OCH3 is 1. The van der Waals surface area contributed by atoms with Crippen LogP contribution in [0.2, 0.25) is 0 Å². The van der Waals surface area contributed by atoms with Crippen molar-refractivity contribution < 1.29 is 23.3 Å². The Kier molecular flexibility index (Phi) is 4.95. The molecule has 3 heterocycles. The van der Waals surface area contributed by atoms with Crippen molar-refractivity contribution in [3.05, 3.63) is 53.0 Å². The van der Waals surface area contributed by atoms with Gasteiger partial charge in [-0.3, -0.25) is 13.8 Å². The highest BCUT2D eigenvalue weighted by molar-refractivity contribution is 7.86. The van der Waals surface area contributed by atoms with Crippen LogP contribution in [-0.2, 0) is 29.9 Å². The van der Waals surface area contributed by atoms with Crippen LogP contribution in [0.5, 0.6) is 0 Å². The smallest absolute Gasteiger partial charge is 0.332 e. The largest absolute Gasteiger partial charge is 0.467 e. The average Bonchev–Trinajstić information content (AvgIpc) is 2.93. The van der Waals surface area contributed by atoms with Crippen molar-refractivity contribution in [1.82, 2.24) is 14.8 Å². The number of nitroso groups, excluding NO2 is 1. The van der Waals surface area contributed by atoms with Crippen LogP contribution >= 0.6 is 0 Å². The molecule has 3 aliphatic heterocycles. The van der Waals surface area contributed by atoms with Crippen LogP contribution in [0.3, 0.4) is 0 Å². The van der Waals surface area contributed by atoms with Gasteiger partial charge < -0.3 is 14.5 Å². The van der Waals surface area contributed by atoms with Gasteiger partial charge in [0, 0.05) is 5.75 Å². The number of benzene rings is 1. The number of hydrogen-bond acceptors (Lipinski definition) is 7. The summed E-state index contributed by atoms with van der Waals surface area (Å²) in [6, 6.07) is 5.49. The summed E-state index contributed by atoms with van der Waals surface area (Å²) in [5.74, 6) is -1.71. The van der Waals surface area contributed by atoms with Gasteiger partial charge in [0.2, 0.25) is 0 Å². The Morgan fingerprint density at radius 2 is 1.87 bits per heavy atom. The third-order valence-corrected chi connectivity index (χ3v) is 7.76. The monoisotopic (exact) mass is 446 g/mol. The first-order valence-corrected chi connectivity index (χ1v) is 11.0. The van der Waals surface area contributed by atoms with Gasteiger partial charge in [-0.05, 0) is 25.0 Å². The Hall–Kier alpha value is -3.08. The summed E-state index contributed by atoms with van der Waals surface area (Å²) in [4.78, 5) is 53.1. The number of nitrogens with zero attached hydrogens (tertiary/aromatic N) is 4. The van der Waals surface area contributed by atoms with Crippen molar-refractivity contribution in [2.45, 2.75) is 43.0 Å². The molecule has 0 radical (unpaired) electrons. The molecule has 3 aliphatic rings. The first-order valence-electron chi connectivity index (χ1n) is 9.62. The molecule has 0 spiro atoms. The molecule has 11 heteroatoms. The molecule has 5 atom stereocenters. The molecule has 0 aromatic heterocycles. The summed E-state index contributed by atoms with van der Waals surface area (Å²) in [5.41, 5.74) is -0.388. The second-order valence-electron chi connectivity index (χ2n) is 8.13. The number of esters is 1. The van der Waals surface area contributed by atoms with Crippen molar-refractivity contribution in [3.63, 3.8) is 0 Å². The van der Waals surface area contributed by atoms with Crippen LogP contribution in [0.1, 0.15) is 25.5 Å². The van der Waals surface area contributed by atoms with E-state index in [1.54, 1.807) is 44.2 Å². The molecule has 3 fully saturated rings. The van der Waals surface area contributed by atoms with Gasteiger partial charge in [-0.15, -0.1) is 4.91 Å². The average molecular weight is 446 g/mol. The number of amides is 2. The summed E-state index contributed by atoms with van der Waals surface area (Å²) in [6.07, 6.45) is 0. The van der Waals surface area contributed by atoms with Gasteiger partial charge in [-0.1, -0.05) is 36.9 Å². The zero-order chi connectivity index (χ0) is 22.7. The lowest BCUT2D eigenvalue weighted by Gasteiger charge is -2.56. The number of ether oxygens (including phenoxy) is 1. The Morgan fingerprint density at radius 3 is 2.45 bits per heavy atom. The van der Waals surface area contributed by atoms with Crippen molar-refractivity contribution in [3.8, 4) is 0 Å². The number of rotatable bonds is 4. The van der Waals surface area contributed by atoms with E-state index in [4.69, 9.17) is 4.74 Å². The summed E-state index contributed by atoms with van der Waals surface area (Å²) < 4.78 is 17.7. The van der Waals surface area contributed by atoms with Gasteiger partial charge in [0.15, 0.2) is 12.1 Å². The van der Waals surface area contributed by atoms with E-state index in [1.807, 2.05) is 0 Å². The van der Waals surface area contributed by atoms with Crippen LogP contribution in [0, 0.1) is 4.91 Å². The predicted molar refractivity (Wildman–Crippen MR) is 110 cm³/mol. The third-order valence-electron chi connectivity index (χ3n) is 6.09. The number of carbonyl (C=O) groups is 3. The maximum Gasteiger partial charge on any atom is 0.332 e. The number of fused-ring (bicyclic) bond motifs is 1. The van der Waals surface area contributed by atoms with E-state index in [9.17, 15) is 23.5 Å². The van der Waals surface area contributed by atoms with Crippen LogP contribution in [-0.4, -0.2) is 72.8 Å². The first-order chi connectivity index (χ1) is 14.7. The maximum absolute atomic E-state index is 13.5. The number of hydrogen-bond donors (Lipinski definition) is 0. The van der Waals surface area contributed by atoms with E-state index >= 15 is 0 Å². The van der Waals surface area contributed by atoms with Gasteiger partial charge in [-0.25, -0.2) is 9.80 Å². The third kappa shape index (κ3) is 2.83. The zero-order valence-corrected chi connectivity index (χ0v) is 18.1. The summed E-state index contributed by atoms with van der Waals surface area (Å²) in [5, 5.41) is 3.29. The minimum atomic E-state index is -1.58. The van der Waals surface area contributed by atoms with E-state index in [-0.39, 0.29) is 5.75 Å². The highest BCUT2D eigenvalue weighted by Gasteiger charge is 2.67. The van der Waals surface area contributed by atoms with Crippen molar-refractivity contribution in [1.29, 1.82) is 0 Å². The molecule has 0 saturated carbocycles. The minimum absolute atomic E-state index is 0.00489. The highest BCUT2D eigenvalue weighted by atomic mass is 32.2. The van der Waals surface area contributed by atoms with Gasteiger partial charge in [-0.2, -0.15) is 0 Å². The summed E-state index contributed by atoms with van der Waals surface area (Å²) in [7, 11) is -0.387. The van der Waals surface area contributed by atoms with E-state index < -0.39 is 57.7 Å². The molecular weight excluding hydrogens is 424 g/mol. The van der Waals surface area contributed by atoms with Gasteiger partial charge >= 0.3 is 5.97 Å². The standard InChI is InChI=1S/C20H22N4O6S/c1-11-10-31(29)18-15(16(25)22(18)13(11)19(27)30-4)23-17(26)14(12-8-6-5-7-9-12)24(21-28)20(23,2)3/h5-9,13-15,18H,1,10H2,2-4H3/t13?,14?,15?,18-,31?/m0/s1. The summed E-state index contributed by atoms with van der Waals surface area (Å²) in [6.45, 7) is 6.99. The van der Waals surface area contributed by atoms with E-state index in [2.05, 4.69) is 11.9 Å². The van der Waals surface area contributed by atoms with E-state index in [0.717, 1.165) is 5.01 Å². The molecule has 164 valence electrons. The molecule has 1 aromatic carbocycles. The van der Waals surface area contributed by atoms with E-state index in [0.29, 0.717) is 11.1 Å². The van der Waals surface area contributed by atoms with Crippen LogP contribution in [0.4, 0.5) is 0 Å². The Bertz CT molecular complexity index is 1010. The Morgan fingerprint density at radius 1 is 1.23 bits per heavy atom. The molecule has 2 amide bonds. The lowest BCUT2D eigenvalue weighted by Crippen LogP contribution is -2.79. The lowest BCUT2D eigenvalue weighted by atomic mass is 9.95. The quantitative estimate of drug-likeness (QED) is 0.289. The molecule has 31 heavy (non-hydrogen) atoms. The molecular formula is C20H22N4O6S. The fourth-order valence-electron chi connectivity index (χ4n) is 4.66. The predicted octanol–water partition coefficient (Wildman–Crippen LogP) is 0.686. The van der Waals surface area contributed by atoms with Crippen molar-refractivity contribution in [2.75, 3.05) is 12.9 Å². The fourth-order valence-corrected chi connectivity index (χ4v) is 6.36. The zero-order valence-electron chi connectivity index (χ0n) is 17.3. The van der Waals surface area contributed by atoms with Crippen molar-refractivity contribution in [2.24, 2.45) is 5.29 Å². The molecule has 0 N–H and O–H groups in total. The molecule has 1 aromatic rings. The van der Waals surface area contributed by atoms with Crippen LogP contribution in [0.15, 0.2) is 47.8 Å². The highest BCUT2D eigenvalue weighted by Crippen LogP contribution is 2.47. The molecule has 0 bridgehead atoms. The summed E-state index contributed by atoms with van der Waals surface area (Å²) >= 11 is 0. The second kappa shape index (κ2) is 7.26. The molecule has 3 saturated heterocycles. The SMILES string of the molecule is C=C1CS(=O)[C@H]2C(N3C(=O)C(c4ccccc4)N(N=O)C3(C)C)C(=O)N2C1C(=O)OC. The maximum atomic E-state index is 13.5. The fraction of sp³-hybridized carbons (Fsp3) is 0.450. The normalized spacial score (nSPS) is 31.9. The van der Waals surface area contributed by atoms with Crippen LogP contribution in [0.25, 0.3) is 0 Å². The van der Waals surface area contributed by atoms with Crippen LogP contribution < -0.4 is 0 Å². The first kappa shape index (κ1) is 21.2. The van der Waals surface area contributed by atoms with Gasteiger partial charge in [0.1, 0.15) is 17.1 Å². The Labute approximate surface area is 181 Å². The van der Waals surface area contributed by atoms with E-state index in [1.165, 1.54) is 16.9 Å². The van der Waals surface area contributed by atoms with Gasteiger partial charge in [0.25, 0.3) is 11.8 Å².